The maximum atomic E-state index is 7.24. The van der Waals surface area contributed by atoms with Crippen molar-refractivity contribution in [3.8, 4) is 22.3 Å². The Hall–Kier alpha value is -4.82. The minimum absolute atomic E-state index is 0.0146. The number of hydrogen-bond donors (Lipinski definition) is 0. The van der Waals surface area contributed by atoms with Gasteiger partial charge in [-0.3, -0.25) is 0 Å². The Kier molecular flexibility index (Phi) is 9.37. The minimum Gasteiger partial charge on any atom is -0.457 e. The van der Waals surface area contributed by atoms with Crippen molar-refractivity contribution in [2.75, 3.05) is 0 Å². The number of hydrogen-bond acceptors (Lipinski definition) is 1. The lowest BCUT2D eigenvalue weighted by Gasteiger charge is -2.30. The molecule has 0 saturated carbocycles. The Bertz CT molecular complexity index is 3700. The molecular formula is C44H9B17O. The van der Waals surface area contributed by atoms with Gasteiger partial charge in [0.2, 0.25) is 0 Å². The van der Waals surface area contributed by atoms with E-state index in [4.69, 9.17) is 138 Å². The first-order chi connectivity index (χ1) is 29.4. The monoisotopic (exact) mass is 740 g/mol. The second kappa shape index (κ2) is 14.1. The summed E-state index contributed by atoms with van der Waals surface area (Å²) in [6, 6.07) is 17.9. The molecule has 0 saturated heterocycles. The lowest BCUT2D eigenvalue weighted by atomic mass is 9.58. The molecule has 0 aliphatic carbocycles. The molecule has 1 heterocycles. The van der Waals surface area contributed by atoms with Crippen LogP contribution in [0.2, 0.25) is 0 Å². The summed E-state index contributed by atoms with van der Waals surface area (Å²) in [5, 5.41) is 5.83. The minimum atomic E-state index is -0.0479. The predicted octanol–water partition coefficient (Wildman–Crippen LogP) is -7.82. The zero-order valence-electron chi connectivity index (χ0n) is 32.9. The summed E-state index contributed by atoms with van der Waals surface area (Å²) in [6.45, 7) is 0. The van der Waals surface area contributed by atoms with E-state index in [2.05, 4.69) is 0 Å². The highest BCUT2D eigenvalue weighted by Crippen LogP contribution is 2.44. The van der Waals surface area contributed by atoms with Gasteiger partial charge in [-0.05, 0) is 93.1 Å². The van der Waals surface area contributed by atoms with Gasteiger partial charge >= 0.3 is 0 Å². The van der Waals surface area contributed by atoms with E-state index < -0.39 is 0 Å². The van der Waals surface area contributed by atoms with E-state index in [1.54, 1.807) is 0 Å². The molecule has 0 amide bonds. The van der Waals surface area contributed by atoms with Crippen LogP contribution >= 0.6 is 0 Å². The normalized spacial score (nSPS) is 12.0. The SMILES string of the molecule is [B]c1c([B])c([B])c2c([B])c3c(oc4c([B])c(-c5c6c([B])c([B])c([B])c([B])c6c(-c6cc7ccccc7c7ccccc67)c6c([B])c([B])c([B])c([B])c56)c([B])c([B])c43)c([B])c2c1[B]. The van der Waals surface area contributed by atoms with Gasteiger partial charge in [0.15, 0.2) is 0 Å². The molecule has 9 aromatic carbocycles. The van der Waals surface area contributed by atoms with Crippen molar-refractivity contribution < 1.29 is 4.42 Å². The van der Waals surface area contributed by atoms with Crippen LogP contribution in [0, 0.1) is 0 Å². The first-order valence-electron chi connectivity index (χ1n) is 19.0. The summed E-state index contributed by atoms with van der Waals surface area (Å²) >= 11 is 0. The molecule has 62 heavy (non-hydrogen) atoms. The summed E-state index contributed by atoms with van der Waals surface area (Å²) < 4.78 is 6.53. The van der Waals surface area contributed by atoms with Crippen molar-refractivity contribution in [3.63, 3.8) is 0 Å². The van der Waals surface area contributed by atoms with Crippen LogP contribution in [0.5, 0.6) is 0 Å². The van der Waals surface area contributed by atoms with Gasteiger partial charge in [-0.2, -0.15) is 0 Å². The third kappa shape index (κ3) is 5.16. The Labute approximate surface area is 381 Å². The third-order valence-electron chi connectivity index (χ3n) is 12.6. The van der Waals surface area contributed by atoms with E-state index >= 15 is 0 Å². The number of fused-ring (bicyclic) bond motifs is 9. The Morgan fingerprint density at radius 2 is 0.629 bits per heavy atom. The second-order valence-corrected chi connectivity index (χ2v) is 15.6. The Morgan fingerprint density at radius 1 is 0.258 bits per heavy atom. The van der Waals surface area contributed by atoms with Crippen LogP contribution in [-0.2, 0) is 0 Å². The van der Waals surface area contributed by atoms with Crippen LogP contribution in [0.4, 0.5) is 0 Å². The third-order valence-corrected chi connectivity index (χ3v) is 12.6. The molecule has 0 N–H and O–H groups in total. The number of rotatable bonds is 2. The maximum absolute atomic E-state index is 7.24. The fraction of sp³-hybridized carbons (Fsp3) is 0. The lowest BCUT2D eigenvalue weighted by molar-refractivity contribution is 0.675. The van der Waals surface area contributed by atoms with Gasteiger partial charge in [-0.25, -0.2) is 0 Å². The fourth-order valence-corrected chi connectivity index (χ4v) is 9.48. The molecule has 10 aromatic rings. The fourth-order valence-electron chi connectivity index (χ4n) is 9.48. The standard InChI is InChI=1S/C44H9B17O/c45-26-22-23(33(52)42(61)41(60)32(22)51)36(55)43-24(26)25-34(53)31(50)21(35(54)44(25)62-43)16-19-17(27(46)37(56)39(58)29(19)48)15(18-20(16)30(49)40(59)38(57)28(18)47)14-9-10-5-1-2-6-11(10)12-7-3-4-8-13(12)14/h1-9H. The van der Waals surface area contributed by atoms with Crippen molar-refractivity contribution >= 4 is 302 Å². The molecule has 18 heteroatoms. The molecule has 242 valence electrons. The maximum Gasteiger partial charge on any atom is 0.128 e. The summed E-state index contributed by atoms with van der Waals surface area (Å²) in [5.74, 6) is 0. The summed E-state index contributed by atoms with van der Waals surface area (Å²) in [7, 11) is 116. The van der Waals surface area contributed by atoms with Crippen molar-refractivity contribution in [1.29, 1.82) is 0 Å². The van der Waals surface area contributed by atoms with Gasteiger partial charge in [-0.1, -0.05) is 97.7 Å². The van der Waals surface area contributed by atoms with Crippen molar-refractivity contribution in [2.24, 2.45) is 0 Å². The molecule has 10 rings (SSSR count). The first kappa shape index (κ1) is 41.2. The van der Waals surface area contributed by atoms with Gasteiger partial charge in [0.05, 0.1) is 0 Å². The second-order valence-electron chi connectivity index (χ2n) is 15.6. The van der Waals surface area contributed by atoms with E-state index in [-0.39, 0.29) is 147 Å². The van der Waals surface area contributed by atoms with Gasteiger partial charge in [-0.15, -0.1) is 32.8 Å². The molecule has 0 fully saturated rings. The average Bonchev–Trinajstić information content (AvgIpc) is 3.69. The first-order valence-corrected chi connectivity index (χ1v) is 19.0. The van der Waals surface area contributed by atoms with Crippen LogP contribution in [0.25, 0.3) is 98.1 Å². The van der Waals surface area contributed by atoms with Crippen LogP contribution in [-0.4, -0.2) is 133 Å². The van der Waals surface area contributed by atoms with E-state index in [9.17, 15) is 0 Å². The Balaban J connectivity index is 1.49. The van der Waals surface area contributed by atoms with Gasteiger partial charge in [0.25, 0.3) is 0 Å². The Morgan fingerprint density at radius 3 is 1.15 bits per heavy atom. The van der Waals surface area contributed by atoms with Crippen LogP contribution in [0.1, 0.15) is 0 Å². The smallest absolute Gasteiger partial charge is 0.128 e. The van der Waals surface area contributed by atoms with Gasteiger partial charge in [0.1, 0.15) is 145 Å². The molecule has 0 spiro atoms. The lowest BCUT2D eigenvalue weighted by Crippen LogP contribution is -2.50. The molecule has 0 bridgehead atoms. The molecule has 1 aromatic heterocycles. The van der Waals surface area contributed by atoms with E-state index in [0.717, 1.165) is 21.5 Å². The highest BCUT2D eigenvalue weighted by Gasteiger charge is 2.29. The van der Waals surface area contributed by atoms with Crippen molar-refractivity contribution in [1.82, 2.24) is 0 Å². The molecular weight excluding hydrogens is 728 g/mol. The topological polar surface area (TPSA) is 13.1 Å². The van der Waals surface area contributed by atoms with E-state index in [1.807, 2.05) is 54.6 Å². The molecule has 0 unspecified atom stereocenters. The highest BCUT2D eigenvalue weighted by atomic mass is 16.3. The zero-order valence-corrected chi connectivity index (χ0v) is 32.9. The number of benzene rings is 9. The quantitative estimate of drug-likeness (QED) is 0.0979. The molecule has 0 aliphatic heterocycles. The summed E-state index contributed by atoms with van der Waals surface area (Å²) in [6.07, 6.45) is 0. The summed E-state index contributed by atoms with van der Waals surface area (Å²) in [5.41, 5.74) is 1.97. The van der Waals surface area contributed by atoms with Crippen LogP contribution in [0.3, 0.4) is 0 Å². The van der Waals surface area contributed by atoms with Gasteiger partial charge in [0, 0.05) is 10.8 Å². The van der Waals surface area contributed by atoms with E-state index in [1.165, 1.54) is 0 Å². The zero-order chi connectivity index (χ0) is 44.3. The molecule has 0 aliphatic rings. The molecule has 0 atom stereocenters. The highest BCUT2D eigenvalue weighted by molar-refractivity contribution is 6.75. The average molecular weight is 737 g/mol. The molecule has 1 nitrogen and oxygen atoms in total. The van der Waals surface area contributed by atoms with Gasteiger partial charge < -0.3 is 4.42 Å². The molecule has 34 radical (unpaired) electrons. The van der Waals surface area contributed by atoms with E-state index in [0.29, 0.717) is 21.9 Å². The van der Waals surface area contributed by atoms with Crippen LogP contribution < -0.4 is 92.9 Å². The summed E-state index contributed by atoms with van der Waals surface area (Å²) in [4.78, 5) is 0. The van der Waals surface area contributed by atoms with Crippen LogP contribution in [0.15, 0.2) is 59.0 Å². The predicted molar refractivity (Wildman–Crippen MR) is 284 cm³/mol. The van der Waals surface area contributed by atoms with Crippen molar-refractivity contribution in [2.45, 2.75) is 0 Å². The largest absolute Gasteiger partial charge is 0.457 e. The number of furan rings is 1. The van der Waals surface area contributed by atoms with Crippen molar-refractivity contribution in [3.05, 3.63) is 54.6 Å².